The molecule has 80 valence electrons. The van der Waals surface area contributed by atoms with Crippen LogP contribution in [-0.4, -0.2) is 11.2 Å². The third kappa shape index (κ3) is 2.69. The van der Waals surface area contributed by atoms with E-state index in [1.165, 1.54) is 16.7 Å². The number of aliphatic hydroxyl groups excluding tert-OH is 1. The number of allylic oxidation sites excluding steroid dienone is 2. The van der Waals surface area contributed by atoms with Crippen molar-refractivity contribution in [2.75, 3.05) is 0 Å². The second-order valence-corrected chi connectivity index (χ2v) is 4.37. The van der Waals surface area contributed by atoms with Crippen LogP contribution >= 0.6 is 0 Å². The predicted octanol–water partition coefficient (Wildman–Crippen LogP) is 3.31. The number of hydrogen-bond donors (Lipinski definition) is 1. The maximum atomic E-state index is 9.56. The van der Waals surface area contributed by atoms with Crippen LogP contribution in [0.15, 0.2) is 30.3 Å². The summed E-state index contributed by atoms with van der Waals surface area (Å²) in [5.74, 6) is 0. The zero-order valence-electron chi connectivity index (χ0n) is 9.24. The highest BCUT2D eigenvalue weighted by Crippen LogP contribution is 2.26. The first-order valence-corrected chi connectivity index (χ1v) is 5.70. The van der Waals surface area contributed by atoms with Crippen LogP contribution in [-0.2, 0) is 0 Å². The number of benzene rings is 1. The molecular formula is C14H18O. The number of aliphatic hydroxyl groups is 1. The van der Waals surface area contributed by atoms with E-state index in [1.54, 1.807) is 0 Å². The summed E-state index contributed by atoms with van der Waals surface area (Å²) >= 11 is 0. The van der Waals surface area contributed by atoms with Crippen molar-refractivity contribution < 1.29 is 5.11 Å². The van der Waals surface area contributed by atoms with E-state index in [2.05, 4.69) is 37.3 Å². The van der Waals surface area contributed by atoms with Gasteiger partial charge in [0.2, 0.25) is 0 Å². The molecule has 1 heteroatoms. The highest BCUT2D eigenvalue weighted by molar-refractivity contribution is 5.65. The van der Waals surface area contributed by atoms with Crippen molar-refractivity contribution in [1.29, 1.82) is 0 Å². The minimum absolute atomic E-state index is 0.107. The van der Waals surface area contributed by atoms with Crippen molar-refractivity contribution in [3.8, 4) is 0 Å². The molecule has 15 heavy (non-hydrogen) atoms. The van der Waals surface area contributed by atoms with Crippen LogP contribution in [0.3, 0.4) is 0 Å². The summed E-state index contributed by atoms with van der Waals surface area (Å²) in [6, 6.07) is 8.66. The summed E-state index contributed by atoms with van der Waals surface area (Å²) in [4.78, 5) is 0. The summed E-state index contributed by atoms with van der Waals surface area (Å²) in [6.07, 6.45) is 5.99. The van der Waals surface area contributed by atoms with Gasteiger partial charge in [0.05, 0.1) is 6.10 Å². The molecule has 1 aromatic carbocycles. The molecular weight excluding hydrogens is 184 g/mol. The fourth-order valence-corrected chi connectivity index (χ4v) is 2.05. The molecule has 0 saturated carbocycles. The monoisotopic (exact) mass is 202 g/mol. The Kier molecular flexibility index (Phi) is 3.22. The maximum Gasteiger partial charge on any atom is 0.0546 e. The summed E-state index contributed by atoms with van der Waals surface area (Å²) < 4.78 is 0. The Morgan fingerprint density at radius 3 is 2.60 bits per heavy atom. The number of rotatable bonds is 1. The normalized spacial score (nSPS) is 22.0. The second kappa shape index (κ2) is 4.63. The van der Waals surface area contributed by atoms with Gasteiger partial charge in [0.25, 0.3) is 0 Å². The summed E-state index contributed by atoms with van der Waals surface area (Å²) in [5, 5.41) is 9.56. The Morgan fingerprint density at radius 1 is 1.13 bits per heavy atom. The maximum absolute atomic E-state index is 9.56. The molecule has 2 rings (SSSR count). The highest BCUT2D eigenvalue weighted by Gasteiger charge is 2.10. The minimum Gasteiger partial charge on any atom is -0.393 e. The lowest BCUT2D eigenvalue weighted by atomic mass is 10.00. The van der Waals surface area contributed by atoms with Crippen molar-refractivity contribution in [1.82, 2.24) is 0 Å². The lowest BCUT2D eigenvalue weighted by molar-refractivity contribution is 0.159. The van der Waals surface area contributed by atoms with Crippen LogP contribution in [0.1, 0.15) is 36.8 Å². The smallest absolute Gasteiger partial charge is 0.0546 e. The first-order chi connectivity index (χ1) is 7.25. The van der Waals surface area contributed by atoms with Crippen LogP contribution < -0.4 is 0 Å². The predicted molar refractivity (Wildman–Crippen MR) is 63.6 cm³/mol. The Hall–Kier alpha value is -1.08. The van der Waals surface area contributed by atoms with Crippen molar-refractivity contribution in [2.45, 2.75) is 38.7 Å². The topological polar surface area (TPSA) is 20.2 Å². The summed E-state index contributed by atoms with van der Waals surface area (Å²) in [7, 11) is 0. The lowest BCUT2D eigenvalue weighted by Gasteiger charge is -2.07. The van der Waals surface area contributed by atoms with Gasteiger partial charge >= 0.3 is 0 Å². The van der Waals surface area contributed by atoms with Crippen LogP contribution in [0, 0.1) is 6.92 Å². The van der Waals surface area contributed by atoms with Gasteiger partial charge in [-0.3, -0.25) is 0 Å². The molecule has 1 unspecified atom stereocenters. The summed E-state index contributed by atoms with van der Waals surface area (Å²) in [6.45, 7) is 2.11. The Labute approximate surface area is 91.4 Å². The van der Waals surface area contributed by atoms with E-state index in [-0.39, 0.29) is 6.10 Å². The molecule has 0 aromatic heterocycles. The van der Waals surface area contributed by atoms with Gasteiger partial charge in [-0.05, 0) is 43.7 Å². The second-order valence-electron chi connectivity index (χ2n) is 4.37. The summed E-state index contributed by atoms with van der Waals surface area (Å²) in [5.41, 5.74) is 4.01. The van der Waals surface area contributed by atoms with Gasteiger partial charge in [-0.1, -0.05) is 35.9 Å². The molecule has 1 aliphatic rings. The van der Waals surface area contributed by atoms with E-state index in [0.29, 0.717) is 0 Å². The number of aryl methyl sites for hydroxylation is 1. The quantitative estimate of drug-likeness (QED) is 0.740. The molecule has 1 aromatic rings. The third-order valence-corrected chi connectivity index (χ3v) is 3.06. The average molecular weight is 202 g/mol. The van der Waals surface area contributed by atoms with Crippen LogP contribution in [0.4, 0.5) is 0 Å². The van der Waals surface area contributed by atoms with Gasteiger partial charge in [0.1, 0.15) is 0 Å². The molecule has 0 bridgehead atoms. The molecule has 0 amide bonds. The molecule has 0 fully saturated rings. The standard InChI is InChI=1S/C14H18O/c1-11-5-7-13(8-6-11)12-3-2-4-14(15)10-9-12/h3,5-8,14-15H,2,4,9-10H2,1H3. The highest BCUT2D eigenvalue weighted by atomic mass is 16.3. The van der Waals surface area contributed by atoms with Crippen molar-refractivity contribution in [3.63, 3.8) is 0 Å². The lowest BCUT2D eigenvalue weighted by Crippen LogP contribution is -2.03. The van der Waals surface area contributed by atoms with Gasteiger partial charge in [0.15, 0.2) is 0 Å². The fourth-order valence-electron chi connectivity index (χ4n) is 2.05. The molecule has 0 saturated heterocycles. The molecule has 1 atom stereocenters. The van der Waals surface area contributed by atoms with Crippen molar-refractivity contribution in [3.05, 3.63) is 41.5 Å². The van der Waals surface area contributed by atoms with E-state index in [0.717, 1.165) is 25.7 Å². The molecule has 1 N–H and O–H groups in total. The molecule has 0 spiro atoms. The fraction of sp³-hybridized carbons (Fsp3) is 0.429. The van der Waals surface area contributed by atoms with E-state index in [1.807, 2.05) is 0 Å². The molecule has 1 aliphatic carbocycles. The van der Waals surface area contributed by atoms with Gasteiger partial charge < -0.3 is 5.11 Å². The van der Waals surface area contributed by atoms with Gasteiger partial charge in [0, 0.05) is 0 Å². The molecule has 1 nitrogen and oxygen atoms in total. The van der Waals surface area contributed by atoms with Crippen molar-refractivity contribution in [2.24, 2.45) is 0 Å². The van der Waals surface area contributed by atoms with E-state index < -0.39 is 0 Å². The van der Waals surface area contributed by atoms with E-state index in [4.69, 9.17) is 0 Å². The molecule has 0 radical (unpaired) electrons. The van der Waals surface area contributed by atoms with Gasteiger partial charge in [-0.25, -0.2) is 0 Å². The third-order valence-electron chi connectivity index (χ3n) is 3.06. The largest absolute Gasteiger partial charge is 0.393 e. The van der Waals surface area contributed by atoms with E-state index >= 15 is 0 Å². The van der Waals surface area contributed by atoms with E-state index in [9.17, 15) is 5.11 Å². The van der Waals surface area contributed by atoms with Crippen LogP contribution in [0.25, 0.3) is 5.57 Å². The first-order valence-electron chi connectivity index (χ1n) is 5.70. The molecule has 0 heterocycles. The van der Waals surface area contributed by atoms with Crippen LogP contribution in [0.5, 0.6) is 0 Å². The minimum atomic E-state index is -0.107. The molecule has 0 aliphatic heterocycles. The average Bonchev–Trinajstić information content (AvgIpc) is 2.44. The zero-order chi connectivity index (χ0) is 10.7. The van der Waals surface area contributed by atoms with Gasteiger partial charge in [-0.15, -0.1) is 0 Å². The Balaban J connectivity index is 2.16. The Bertz CT molecular complexity index is 348. The van der Waals surface area contributed by atoms with Crippen LogP contribution in [0.2, 0.25) is 0 Å². The number of hydrogen-bond acceptors (Lipinski definition) is 1. The first kappa shape index (κ1) is 10.4. The zero-order valence-corrected chi connectivity index (χ0v) is 9.24. The Morgan fingerprint density at radius 2 is 1.87 bits per heavy atom. The SMILES string of the molecule is Cc1ccc(C2=CCCC(O)CC2)cc1. The van der Waals surface area contributed by atoms with Gasteiger partial charge in [-0.2, -0.15) is 0 Å². The van der Waals surface area contributed by atoms with Crippen molar-refractivity contribution >= 4 is 5.57 Å².